The van der Waals surface area contributed by atoms with Crippen LogP contribution in [0.5, 0.6) is 0 Å². The maximum atomic E-state index is 12.4. The van der Waals surface area contributed by atoms with Gasteiger partial charge >= 0.3 is 5.69 Å². The predicted molar refractivity (Wildman–Crippen MR) is 130 cm³/mol. The van der Waals surface area contributed by atoms with E-state index in [1.54, 1.807) is 17.8 Å². The van der Waals surface area contributed by atoms with E-state index in [0.29, 0.717) is 19.5 Å². The fourth-order valence-electron chi connectivity index (χ4n) is 5.04. The largest absolute Gasteiger partial charge is 0.361 e. The van der Waals surface area contributed by atoms with Gasteiger partial charge in [0.25, 0.3) is 0 Å². The van der Waals surface area contributed by atoms with Crippen LogP contribution in [-0.2, 0) is 23.8 Å². The Bertz CT molecular complexity index is 1430. The number of nitrogens with zero attached hydrogens (tertiary/aromatic N) is 2. The maximum Gasteiger partial charge on any atom is 0.325 e. The molecular formula is C25H26N6O2. The molecule has 0 saturated carbocycles. The van der Waals surface area contributed by atoms with Gasteiger partial charge in [-0.3, -0.25) is 14.4 Å². The Labute approximate surface area is 190 Å². The van der Waals surface area contributed by atoms with Gasteiger partial charge in [-0.05, 0) is 48.2 Å². The number of rotatable bonds is 8. The van der Waals surface area contributed by atoms with Crippen LogP contribution in [-0.4, -0.2) is 33.7 Å². The van der Waals surface area contributed by atoms with Crippen LogP contribution in [0, 0.1) is 0 Å². The summed E-state index contributed by atoms with van der Waals surface area (Å²) in [5, 5.41) is 3.74. The summed E-state index contributed by atoms with van der Waals surface area (Å²) in [4.78, 5) is 34.4. The monoisotopic (exact) mass is 442 g/mol. The van der Waals surface area contributed by atoms with Gasteiger partial charge in [-0.2, -0.15) is 0 Å². The van der Waals surface area contributed by atoms with Crippen molar-refractivity contribution in [3.8, 4) is 11.3 Å². The molecule has 1 aliphatic rings. The molecule has 1 unspecified atom stereocenters. The number of carbonyl (C=O) groups excluding carboxylic acids is 1. The molecule has 8 nitrogen and oxygen atoms in total. The standard InChI is InChI=1S/C25H26N6O2/c1-31-21(13-29-24(31)33)23-18(7-8-20-22(23)16(12-28-20)11-27-15-32)25(9-4-10-26)14-30-19-6-3-2-5-17(19)25/h2-3,5-8,12-15,28H,4,9-11,26H2,1H3,(H,27,32)(H,29,33). The molecule has 3 heterocycles. The smallest absolute Gasteiger partial charge is 0.325 e. The number of hydrogen-bond acceptors (Lipinski definition) is 4. The van der Waals surface area contributed by atoms with Crippen LogP contribution in [0.3, 0.4) is 0 Å². The first-order valence-corrected chi connectivity index (χ1v) is 11.0. The fourth-order valence-corrected chi connectivity index (χ4v) is 5.04. The number of aliphatic imine (C=N–C) groups is 1. The zero-order chi connectivity index (χ0) is 23.0. The zero-order valence-electron chi connectivity index (χ0n) is 18.4. The molecule has 0 saturated heterocycles. The first kappa shape index (κ1) is 21.0. The third-order valence-corrected chi connectivity index (χ3v) is 6.62. The van der Waals surface area contributed by atoms with E-state index in [1.165, 1.54) is 0 Å². The summed E-state index contributed by atoms with van der Waals surface area (Å²) >= 11 is 0. The van der Waals surface area contributed by atoms with Crippen molar-refractivity contribution in [2.24, 2.45) is 17.8 Å². The molecule has 5 rings (SSSR count). The molecule has 0 bridgehead atoms. The lowest BCUT2D eigenvalue weighted by Gasteiger charge is -2.31. The fraction of sp³-hybridized carbons (Fsp3) is 0.240. The molecule has 0 radical (unpaired) electrons. The Kier molecular flexibility index (Phi) is 5.22. The first-order chi connectivity index (χ1) is 16.1. The maximum absolute atomic E-state index is 12.4. The molecule has 5 N–H and O–H groups in total. The summed E-state index contributed by atoms with van der Waals surface area (Å²) in [6.07, 6.45) is 7.97. The normalized spacial score (nSPS) is 16.9. The molecule has 168 valence electrons. The Morgan fingerprint density at radius 2 is 2.00 bits per heavy atom. The zero-order valence-corrected chi connectivity index (χ0v) is 18.4. The molecule has 2 aromatic heterocycles. The molecule has 0 aliphatic carbocycles. The van der Waals surface area contributed by atoms with E-state index in [9.17, 15) is 9.59 Å². The van der Waals surface area contributed by atoms with Gasteiger partial charge in [-0.15, -0.1) is 0 Å². The van der Waals surface area contributed by atoms with Gasteiger partial charge < -0.3 is 21.0 Å². The Balaban J connectivity index is 1.87. The van der Waals surface area contributed by atoms with Crippen LogP contribution >= 0.6 is 0 Å². The molecule has 0 spiro atoms. The topological polar surface area (TPSA) is 121 Å². The second-order valence-electron chi connectivity index (χ2n) is 8.40. The van der Waals surface area contributed by atoms with Gasteiger partial charge in [0.05, 0.1) is 16.8 Å². The van der Waals surface area contributed by atoms with Crippen molar-refractivity contribution in [1.82, 2.24) is 19.9 Å². The highest BCUT2D eigenvalue weighted by Crippen LogP contribution is 2.49. The molecule has 1 aliphatic heterocycles. The first-order valence-electron chi connectivity index (χ1n) is 11.0. The minimum Gasteiger partial charge on any atom is -0.361 e. The number of aromatic amines is 2. The van der Waals surface area contributed by atoms with Crippen LogP contribution in [0.2, 0.25) is 0 Å². The highest BCUT2D eigenvalue weighted by Gasteiger charge is 2.40. The quantitative estimate of drug-likeness (QED) is 0.314. The van der Waals surface area contributed by atoms with Crippen LogP contribution in [0.25, 0.3) is 22.2 Å². The lowest BCUT2D eigenvalue weighted by atomic mass is 9.70. The van der Waals surface area contributed by atoms with Gasteiger partial charge in [0, 0.05) is 48.7 Å². The van der Waals surface area contributed by atoms with E-state index >= 15 is 0 Å². The highest BCUT2D eigenvalue weighted by molar-refractivity contribution is 6.02. The summed E-state index contributed by atoms with van der Waals surface area (Å²) in [6, 6.07) is 12.3. The van der Waals surface area contributed by atoms with Crippen molar-refractivity contribution >= 4 is 29.2 Å². The SMILES string of the molecule is Cn1c(-c2c(C3(CCCN)C=Nc4ccccc43)ccc3[nH]cc(CNC=O)c23)c[nH]c1=O. The summed E-state index contributed by atoms with van der Waals surface area (Å²) in [6.45, 7) is 0.940. The predicted octanol–water partition coefficient (Wildman–Crippen LogP) is 2.85. The van der Waals surface area contributed by atoms with Crippen LogP contribution in [0.1, 0.15) is 29.5 Å². The van der Waals surface area contributed by atoms with Crippen LogP contribution in [0.4, 0.5) is 5.69 Å². The number of H-pyrrole nitrogens is 2. The Morgan fingerprint density at radius 1 is 1.15 bits per heavy atom. The number of hydrogen-bond donors (Lipinski definition) is 4. The number of nitrogens with two attached hydrogens (primary N) is 1. The average molecular weight is 443 g/mol. The number of amides is 1. The molecule has 33 heavy (non-hydrogen) atoms. The Morgan fingerprint density at radius 3 is 2.76 bits per heavy atom. The number of imidazole rings is 1. The second-order valence-corrected chi connectivity index (χ2v) is 8.40. The van der Waals surface area contributed by atoms with Crippen LogP contribution in [0.15, 0.2) is 58.6 Å². The number of fused-ring (bicyclic) bond motifs is 2. The van der Waals surface area contributed by atoms with Crippen molar-refractivity contribution in [2.75, 3.05) is 6.54 Å². The number of carbonyl (C=O) groups is 1. The van der Waals surface area contributed by atoms with E-state index in [4.69, 9.17) is 10.7 Å². The van der Waals surface area contributed by atoms with Crippen molar-refractivity contribution in [1.29, 1.82) is 0 Å². The van der Waals surface area contributed by atoms with E-state index < -0.39 is 5.41 Å². The number of para-hydroxylation sites is 1. The van der Waals surface area contributed by atoms with E-state index in [0.717, 1.165) is 57.4 Å². The molecule has 4 aromatic rings. The summed E-state index contributed by atoms with van der Waals surface area (Å²) in [5.41, 5.74) is 12.0. The van der Waals surface area contributed by atoms with E-state index in [2.05, 4.69) is 33.5 Å². The minimum absolute atomic E-state index is 0.187. The van der Waals surface area contributed by atoms with Gasteiger partial charge in [0.2, 0.25) is 6.41 Å². The van der Waals surface area contributed by atoms with Gasteiger partial charge in [0.15, 0.2) is 0 Å². The molecular weight excluding hydrogens is 416 g/mol. The number of benzene rings is 2. The number of nitrogens with one attached hydrogen (secondary N) is 3. The van der Waals surface area contributed by atoms with E-state index in [1.807, 2.05) is 30.6 Å². The van der Waals surface area contributed by atoms with E-state index in [-0.39, 0.29) is 5.69 Å². The molecule has 1 amide bonds. The third kappa shape index (κ3) is 3.22. The third-order valence-electron chi connectivity index (χ3n) is 6.62. The summed E-state index contributed by atoms with van der Waals surface area (Å²) in [7, 11) is 1.76. The number of aromatic nitrogens is 3. The highest BCUT2D eigenvalue weighted by atomic mass is 16.1. The van der Waals surface area contributed by atoms with Crippen LogP contribution < -0.4 is 16.7 Å². The average Bonchev–Trinajstić information content (AvgIpc) is 3.52. The Hall–Kier alpha value is -3.91. The second kappa shape index (κ2) is 8.22. The van der Waals surface area contributed by atoms with Gasteiger partial charge in [0.1, 0.15) is 0 Å². The van der Waals surface area contributed by atoms with Crippen molar-refractivity contribution < 1.29 is 4.79 Å². The summed E-state index contributed by atoms with van der Waals surface area (Å²) in [5.74, 6) is 0. The van der Waals surface area contributed by atoms with Crippen molar-refractivity contribution in [3.05, 3.63) is 76.0 Å². The molecule has 1 atom stereocenters. The minimum atomic E-state index is -0.487. The van der Waals surface area contributed by atoms with Gasteiger partial charge in [-0.1, -0.05) is 24.3 Å². The van der Waals surface area contributed by atoms with Gasteiger partial charge in [-0.25, -0.2) is 4.79 Å². The lowest BCUT2D eigenvalue weighted by Crippen LogP contribution is -2.29. The molecule has 2 aromatic carbocycles. The van der Waals surface area contributed by atoms with Crippen molar-refractivity contribution in [2.45, 2.75) is 24.8 Å². The van der Waals surface area contributed by atoms with Crippen molar-refractivity contribution in [3.63, 3.8) is 0 Å². The molecule has 8 heteroatoms. The lowest BCUT2D eigenvalue weighted by molar-refractivity contribution is -0.109. The molecule has 0 fully saturated rings. The summed E-state index contributed by atoms with van der Waals surface area (Å²) < 4.78 is 1.62.